The number of hydrogen-bond donors (Lipinski definition) is 1. The second kappa shape index (κ2) is 5.42. The van der Waals surface area contributed by atoms with Gasteiger partial charge in [0.2, 0.25) is 0 Å². The van der Waals surface area contributed by atoms with Gasteiger partial charge in [0, 0.05) is 16.7 Å². The lowest BCUT2D eigenvalue weighted by Crippen LogP contribution is -2.21. The Bertz CT molecular complexity index is 332. The van der Waals surface area contributed by atoms with E-state index < -0.39 is 10.8 Å². The maximum atomic E-state index is 11.9. The SMILES string of the molecule is CC(C)c1ccc(S(=O)C(C)CN)cc1. The first-order chi connectivity index (χ1) is 7.06. The van der Waals surface area contributed by atoms with Gasteiger partial charge in [-0.3, -0.25) is 4.21 Å². The molecule has 2 atom stereocenters. The summed E-state index contributed by atoms with van der Waals surface area (Å²) in [5.41, 5.74) is 6.77. The summed E-state index contributed by atoms with van der Waals surface area (Å²) in [7, 11) is -0.975. The van der Waals surface area contributed by atoms with E-state index in [0.717, 1.165) is 4.90 Å². The number of nitrogens with two attached hydrogens (primary N) is 1. The largest absolute Gasteiger partial charge is 0.329 e. The summed E-state index contributed by atoms with van der Waals surface area (Å²) in [5.74, 6) is 0.513. The molecule has 0 amide bonds. The third kappa shape index (κ3) is 3.14. The van der Waals surface area contributed by atoms with Crippen LogP contribution in [-0.2, 0) is 10.8 Å². The monoisotopic (exact) mass is 225 g/mol. The van der Waals surface area contributed by atoms with Crippen molar-refractivity contribution in [2.24, 2.45) is 5.73 Å². The average molecular weight is 225 g/mol. The van der Waals surface area contributed by atoms with Gasteiger partial charge in [-0.25, -0.2) is 0 Å². The van der Waals surface area contributed by atoms with Crippen LogP contribution in [0.1, 0.15) is 32.3 Å². The molecule has 1 aromatic rings. The highest BCUT2D eigenvalue weighted by molar-refractivity contribution is 7.85. The molecule has 0 radical (unpaired) electrons. The highest BCUT2D eigenvalue weighted by Gasteiger charge is 2.11. The molecule has 2 N–H and O–H groups in total. The Hall–Kier alpha value is -0.670. The number of hydrogen-bond acceptors (Lipinski definition) is 2. The van der Waals surface area contributed by atoms with Gasteiger partial charge in [-0.15, -0.1) is 0 Å². The van der Waals surface area contributed by atoms with Crippen LogP contribution >= 0.6 is 0 Å². The lowest BCUT2D eigenvalue weighted by molar-refractivity contribution is 0.673. The Morgan fingerprint density at radius 3 is 2.13 bits per heavy atom. The molecule has 0 spiro atoms. The van der Waals surface area contributed by atoms with Crippen LogP contribution in [-0.4, -0.2) is 16.0 Å². The van der Waals surface area contributed by atoms with Crippen molar-refractivity contribution in [3.05, 3.63) is 29.8 Å². The Labute approximate surface area is 94.3 Å². The van der Waals surface area contributed by atoms with E-state index in [1.54, 1.807) is 0 Å². The molecule has 0 saturated carbocycles. The zero-order chi connectivity index (χ0) is 11.4. The maximum absolute atomic E-state index is 11.9. The van der Waals surface area contributed by atoms with E-state index in [1.807, 2.05) is 31.2 Å². The summed E-state index contributed by atoms with van der Waals surface area (Å²) in [6.07, 6.45) is 0. The van der Waals surface area contributed by atoms with Crippen LogP contribution in [0, 0.1) is 0 Å². The van der Waals surface area contributed by atoms with Gasteiger partial charge in [0.05, 0.1) is 10.8 Å². The van der Waals surface area contributed by atoms with Crippen molar-refractivity contribution in [1.29, 1.82) is 0 Å². The Morgan fingerprint density at radius 2 is 1.73 bits per heavy atom. The minimum absolute atomic E-state index is 0.0231. The van der Waals surface area contributed by atoms with Gasteiger partial charge in [-0.05, 0) is 30.5 Å². The fraction of sp³-hybridized carbons (Fsp3) is 0.500. The molecule has 15 heavy (non-hydrogen) atoms. The van der Waals surface area contributed by atoms with E-state index in [-0.39, 0.29) is 5.25 Å². The standard InChI is InChI=1S/C12H19NOS/c1-9(2)11-4-6-12(7-5-11)15(14)10(3)8-13/h4-7,9-10H,8,13H2,1-3H3. The number of benzene rings is 1. The van der Waals surface area contributed by atoms with Gasteiger partial charge in [0.1, 0.15) is 0 Å². The summed E-state index contributed by atoms with van der Waals surface area (Å²) in [6.45, 7) is 6.66. The van der Waals surface area contributed by atoms with Gasteiger partial charge in [-0.2, -0.15) is 0 Å². The van der Waals surface area contributed by atoms with Crippen molar-refractivity contribution in [1.82, 2.24) is 0 Å². The molecule has 1 rings (SSSR count). The fourth-order valence-corrected chi connectivity index (χ4v) is 2.35. The summed E-state index contributed by atoms with van der Waals surface area (Å²) < 4.78 is 11.9. The second-order valence-corrected chi connectivity index (χ2v) is 5.94. The topological polar surface area (TPSA) is 43.1 Å². The van der Waals surface area contributed by atoms with Crippen LogP contribution in [0.4, 0.5) is 0 Å². The van der Waals surface area contributed by atoms with Gasteiger partial charge in [0.25, 0.3) is 0 Å². The average Bonchev–Trinajstić information content (AvgIpc) is 2.27. The second-order valence-electron chi connectivity index (χ2n) is 4.07. The first kappa shape index (κ1) is 12.4. The van der Waals surface area contributed by atoms with Gasteiger partial charge < -0.3 is 5.73 Å². The van der Waals surface area contributed by atoms with Gasteiger partial charge in [0.15, 0.2) is 0 Å². The molecule has 0 saturated heterocycles. The molecule has 0 aromatic heterocycles. The van der Waals surface area contributed by atoms with Crippen LogP contribution in [0.5, 0.6) is 0 Å². The molecule has 1 aromatic carbocycles. The van der Waals surface area contributed by atoms with Crippen molar-refractivity contribution in [3.63, 3.8) is 0 Å². The van der Waals surface area contributed by atoms with E-state index in [0.29, 0.717) is 12.5 Å². The maximum Gasteiger partial charge on any atom is 0.0570 e. The molecular formula is C12H19NOS. The van der Waals surface area contributed by atoms with E-state index in [2.05, 4.69) is 13.8 Å². The Kier molecular flexibility index (Phi) is 4.48. The zero-order valence-electron chi connectivity index (χ0n) is 9.57. The smallest absolute Gasteiger partial charge is 0.0570 e. The molecule has 2 unspecified atom stereocenters. The molecule has 84 valence electrons. The Morgan fingerprint density at radius 1 is 1.20 bits per heavy atom. The number of rotatable bonds is 4. The summed E-state index contributed by atoms with van der Waals surface area (Å²) in [6, 6.07) is 7.97. The lowest BCUT2D eigenvalue weighted by Gasteiger charge is -2.10. The molecular weight excluding hydrogens is 206 g/mol. The molecule has 0 bridgehead atoms. The molecule has 2 nitrogen and oxygen atoms in total. The van der Waals surface area contributed by atoms with E-state index in [1.165, 1.54) is 5.56 Å². The molecule has 0 aliphatic rings. The minimum Gasteiger partial charge on any atom is -0.329 e. The third-order valence-corrected chi connectivity index (χ3v) is 4.14. The normalized spacial score (nSPS) is 15.3. The van der Waals surface area contributed by atoms with Gasteiger partial charge in [-0.1, -0.05) is 26.0 Å². The molecule has 0 fully saturated rings. The van der Waals surface area contributed by atoms with Crippen LogP contribution in [0.3, 0.4) is 0 Å². The Balaban J connectivity index is 2.84. The lowest BCUT2D eigenvalue weighted by atomic mass is 10.0. The summed E-state index contributed by atoms with van der Waals surface area (Å²) >= 11 is 0. The minimum atomic E-state index is -0.975. The quantitative estimate of drug-likeness (QED) is 0.854. The summed E-state index contributed by atoms with van der Waals surface area (Å²) in [5, 5.41) is 0.0231. The highest BCUT2D eigenvalue weighted by atomic mass is 32.2. The van der Waals surface area contributed by atoms with Crippen LogP contribution < -0.4 is 5.73 Å². The van der Waals surface area contributed by atoms with Crippen molar-refractivity contribution in [2.45, 2.75) is 36.8 Å². The third-order valence-electron chi connectivity index (χ3n) is 2.48. The highest BCUT2D eigenvalue weighted by Crippen LogP contribution is 2.17. The van der Waals surface area contributed by atoms with Crippen LogP contribution in [0.25, 0.3) is 0 Å². The molecule has 0 aliphatic carbocycles. The van der Waals surface area contributed by atoms with Crippen LogP contribution in [0.15, 0.2) is 29.2 Å². The molecule has 0 heterocycles. The van der Waals surface area contributed by atoms with Crippen molar-refractivity contribution in [3.8, 4) is 0 Å². The van der Waals surface area contributed by atoms with Crippen molar-refractivity contribution < 1.29 is 4.21 Å². The van der Waals surface area contributed by atoms with Crippen LogP contribution in [0.2, 0.25) is 0 Å². The zero-order valence-corrected chi connectivity index (χ0v) is 10.4. The van der Waals surface area contributed by atoms with E-state index >= 15 is 0 Å². The van der Waals surface area contributed by atoms with E-state index in [4.69, 9.17) is 5.73 Å². The van der Waals surface area contributed by atoms with Crippen molar-refractivity contribution in [2.75, 3.05) is 6.54 Å². The molecule has 3 heteroatoms. The summed E-state index contributed by atoms with van der Waals surface area (Å²) in [4.78, 5) is 0.873. The first-order valence-corrected chi connectivity index (χ1v) is 6.48. The van der Waals surface area contributed by atoms with Gasteiger partial charge >= 0.3 is 0 Å². The van der Waals surface area contributed by atoms with Crippen molar-refractivity contribution >= 4 is 10.8 Å². The first-order valence-electron chi connectivity index (χ1n) is 5.27. The van der Waals surface area contributed by atoms with E-state index in [9.17, 15) is 4.21 Å². The molecule has 0 aliphatic heterocycles. The fourth-order valence-electron chi connectivity index (χ4n) is 1.31. The predicted octanol–water partition coefficient (Wildman–Crippen LogP) is 2.26. The predicted molar refractivity (Wildman–Crippen MR) is 65.5 cm³/mol.